The molecule has 9 nitrogen and oxygen atoms in total. The second kappa shape index (κ2) is 16.0. The number of ether oxygens (including phenoxy) is 3. The third kappa shape index (κ3) is 9.09. The predicted molar refractivity (Wildman–Crippen MR) is 196 cm³/mol. The largest absolute Gasteiger partial charge is 0.494 e. The highest BCUT2D eigenvalue weighted by atomic mass is 16.6. The highest BCUT2D eigenvalue weighted by Crippen LogP contribution is 2.44. The summed E-state index contributed by atoms with van der Waals surface area (Å²) in [6.07, 6.45) is -0.290. The molecule has 5 rings (SSSR count). The Balaban J connectivity index is 1.52. The van der Waals surface area contributed by atoms with Gasteiger partial charge in [0.2, 0.25) is 5.90 Å². The van der Waals surface area contributed by atoms with Gasteiger partial charge in [-0.15, -0.1) is 0 Å². The summed E-state index contributed by atoms with van der Waals surface area (Å²) in [4.78, 5) is 34.7. The van der Waals surface area contributed by atoms with Crippen LogP contribution in [-0.4, -0.2) is 61.3 Å². The molecule has 0 saturated carbocycles. The van der Waals surface area contributed by atoms with Gasteiger partial charge >= 0.3 is 5.97 Å². The number of nitrogens with one attached hydrogen (secondary N) is 1. The zero-order valence-corrected chi connectivity index (χ0v) is 29.5. The number of hydrogen-bond acceptors (Lipinski definition) is 8. The molecular formula is C41H47N3O6. The van der Waals surface area contributed by atoms with Crippen molar-refractivity contribution in [3.05, 3.63) is 120 Å². The Morgan fingerprint density at radius 2 is 1.52 bits per heavy atom. The summed E-state index contributed by atoms with van der Waals surface area (Å²) < 4.78 is 18.0. The number of nitrogens with zero attached hydrogens (tertiary/aromatic N) is 2. The number of anilines is 1. The maximum atomic E-state index is 14.6. The minimum absolute atomic E-state index is 0.0431. The van der Waals surface area contributed by atoms with Crippen molar-refractivity contribution in [3.8, 4) is 16.9 Å². The van der Waals surface area contributed by atoms with E-state index in [0.29, 0.717) is 30.2 Å². The van der Waals surface area contributed by atoms with Crippen molar-refractivity contribution in [1.82, 2.24) is 5.32 Å². The molecule has 0 spiro atoms. The second-order valence-electron chi connectivity index (χ2n) is 13.6. The maximum absolute atomic E-state index is 14.6. The minimum Gasteiger partial charge on any atom is -0.494 e. The van der Waals surface area contributed by atoms with Crippen molar-refractivity contribution in [1.29, 1.82) is 0 Å². The molecule has 0 aromatic heterocycles. The van der Waals surface area contributed by atoms with Gasteiger partial charge in [-0.2, -0.15) is 0 Å². The van der Waals surface area contributed by atoms with Gasteiger partial charge in [-0.05, 0) is 85.8 Å². The fourth-order valence-electron chi connectivity index (χ4n) is 5.78. The van der Waals surface area contributed by atoms with Crippen LogP contribution in [0.3, 0.4) is 0 Å². The van der Waals surface area contributed by atoms with Crippen molar-refractivity contribution < 1.29 is 28.9 Å². The average molecular weight is 678 g/mol. The Labute approximate surface area is 294 Å². The van der Waals surface area contributed by atoms with E-state index in [1.54, 1.807) is 12.1 Å². The second-order valence-corrected chi connectivity index (χ2v) is 13.6. The highest BCUT2D eigenvalue weighted by Gasteiger charge is 2.53. The van der Waals surface area contributed by atoms with Crippen LogP contribution in [0, 0.1) is 0 Å². The molecule has 4 aromatic carbocycles. The van der Waals surface area contributed by atoms with Gasteiger partial charge in [0.25, 0.3) is 5.91 Å². The van der Waals surface area contributed by atoms with Crippen LogP contribution in [0.25, 0.3) is 11.1 Å². The molecule has 262 valence electrons. The quantitative estimate of drug-likeness (QED) is 0.111. The van der Waals surface area contributed by atoms with Crippen molar-refractivity contribution in [2.45, 2.75) is 63.8 Å². The summed E-state index contributed by atoms with van der Waals surface area (Å²) in [5.74, 6) is 0.158. The van der Waals surface area contributed by atoms with E-state index in [1.807, 2.05) is 131 Å². The molecule has 2 N–H and O–H groups in total. The van der Waals surface area contributed by atoms with Crippen LogP contribution in [0.4, 0.5) is 5.69 Å². The van der Waals surface area contributed by atoms with Crippen LogP contribution >= 0.6 is 0 Å². The van der Waals surface area contributed by atoms with Crippen LogP contribution < -0.4 is 15.0 Å². The van der Waals surface area contributed by atoms with Crippen molar-refractivity contribution in [2.75, 3.05) is 32.2 Å². The Bertz CT molecular complexity index is 1750. The van der Waals surface area contributed by atoms with Gasteiger partial charge in [0, 0.05) is 51.3 Å². The lowest BCUT2D eigenvalue weighted by Gasteiger charge is -2.31. The molecule has 1 heterocycles. The number of carbonyl (C=O) groups is 2. The molecule has 1 aliphatic rings. The Morgan fingerprint density at radius 1 is 0.880 bits per heavy atom. The van der Waals surface area contributed by atoms with Gasteiger partial charge in [-0.1, -0.05) is 66.7 Å². The lowest BCUT2D eigenvalue weighted by Crippen LogP contribution is -2.48. The van der Waals surface area contributed by atoms with Crippen molar-refractivity contribution >= 4 is 23.5 Å². The van der Waals surface area contributed by atoms with Crippen LogP contribution in [0.1, 0.15) is 62.8 Å². The van der Waals surface area contributed by atoms with E-state index >= 15 is 0 Å². The molecule has 0 fully saturated rings. The van der Waals surface area contributed by atoms with Gasteiger partial charge in [0.15, 0.2) is 11.6 Å². The standard InChI is InChI=1S/C41H47N3O6/c1-40(2,3)50-36(46)24-25-41(39(47)42-28-29-12-20-34(21-13-29)44(4)5)37(32-16-14-31(15-17-32)30-10-7-6-8-11-30)49-38(43-41)33-18-22-35(23-19-33)48-27-9-26-45/h6-8,10-23,37,45H,9,24-28H2,1-5H3,(H,42,47)/t37-,41-/m1/s1. The Kier molecular flexibility index (Phi) is 11.6. The summed E-state index contributed by atoms with van der Waals surface area (Å²) in [6, 6.07) is 33.2. The number of esters is 1. The summed E-state index contributed by atoms with van der Waals surface area (Å²) >= 11 is 0. The van der Waals surface area contributed by atoms with Crippen molar-refractivity contribution in [3.63, 3.8) is 0 Å². The number of rotatable bonds is 14. The first-order chi connectivity index (χ1) is 24.0. The number of carbonyl (C=O) groups excluding carboxylic acids is 2. The summed E-state index contributed by atoms with van der Waals surface area (Å²) in [7, 11) is 3.95. The topological polar surface area (TPSA) is 110 Å². The third-order valence-corrected chi connectivity index (χ3v) is 8.39. The fraction of sp³-hybridized carbons (Fsp3) is 0.341. The van der Waals surface area contributed by atoms with E-state index in [-0.39, 0.29) is 31.9 Å². The molecule has 2 atom stereocenters. The van der Waals surface area contributed by atoms with Gasteiger partial charge in [0.05, 0.1) is 6.61 Å². The molecule has 1 amide bonds. The Morgan fingerprint density at radius 3 is 2.14 bits per heavy atom. The van der Waals surface area contributed by atoms with Crippen LogP contribution in [0.15, 0.2) is 108 Å². The fourth-order valence-corrected chi connectivity index (χ4v) is 5.78. The number of aliphatic hydroxyl groups is 1. The number of hydrogen-bond donors (Lipinski definition) is 2. The first kappa shape index (κ1) is 36.1. The zero-order valence-electron chi connectivity index (χ0n) is 29.5. The first-order valence-electron chi connectivity index (χ1n) is 17.0. The molecule has 1 aliphatic heterocycles. The molecule has 0 aliphatic carbocycles. The van der Waals surface area contributed by atoms with E-state index in [4.69, 9.17) is 24.3 Å². The van der Waals surface area contributed by atoms with Crippen LogP contribution in [0.5, 0.6) is 5.75 Å². The van der Waals surface area contributed by atoms with E-state index in [0.717, 1.165) is 27.9 Å². The number of aliphatic imine (C=N–C) groups is 1. The lowest BCUT2D eigenvalue weighted by atomic mass is 9.83. The molecule has 50 heavy (non-hydrogen) atoms. The van der Waals surface area contributed by atoms with Gasteiger partial charge < -0.3 is 29.5 Å². The SMILES string of the molecule is CN(C)c1ccc(CNC(=O)[C@]2(CCC(=O)OC(C)(C)C)N=C(c3ccc(OCCCO)cc3)O[C@@H]2c2ccc(-c3ccccc3)cc2)cc1. The summed E-state index contributed by atoms with van der Waals surface area (Å²) in [5.41, 5.74) is 3.32. The predicted octanol–water partition coefficient (Wildman–Crippen LogP) is 6.88. The molecular weight excluding hydrogens is 630 g/mol. The number of amides is 1. The van der Waals surface area contributed by atoms with Gasteiger partial charge in [-0.25, -0.2) is 4.99 Å². The third-order valence-electron chi connectivity index (χ3n) is 8.39. The van der Waals surface area contributed by atoms with E-state index < -0.39 is 23.2 Å². The molecule has 0 bridgehead atoms. The normalized spacial score (nSPS) is 17.0. The van der Waals surface area contributed by atoms with Crippen LogP contribution in [0.2, 0.25) is 0 Å². The van der Waals surface area contributed by atoms with Crippen LogP contribution in [-0.2, 0) is 25.6 Å². The highest BCUT2D eigenvalue weighted by molar-refractivity contribution is 6.01. The summed E-state index contributed by atoms with van der Waals surface area (Å²) in [6.45, 7) is 6.16. The number of benzene rings is 4. The zero-order chi connectivity index (χ0) is 35.7. The molecule has 9 heteroatoms. The van der Waals surface area contributed by atoms with E-state index in [2.05, 4.69) is 5.32 Å². The first-order valence-corrected chi connectivity index (χ1v) is 17.0. The Hall–Kier alpha value is -5.15. The average Bonchev–Trinajstić information content (AvgIpc) is 3.51. The molecule has 0 radical (unpaired) electrons. The maximum Gasteiger partial charge on any atom is 0.306 e. The molecule has 0 saturated heterocycles. The van der Waals surface area contributed by atoms with Gasteiger partial charge in [0.1, 0.15) is 11.4 Å². The van der Waals surface area contributed by atoms with Crippen molar-refractivity contribution in [2.24, 2.45) is 4.99 Å². The van der Waals surface area contributed by atoms with E-state index in [9.17, 15) is 9.59 Å². The van der Waals surface area contributed by atoms with Gasteiger partial charge in [-0.3, -0.25) is 9.59 Å². The lowest BCUT2D eigenvalue weighted by molar-refractivity contribution is -0.155. The monoisotopic (exact) mass is 677 g/mol. The van der Waals surface area contributed by atoms with E-state index in [1.165, 1.54) is 0 Å². The molecule has 4 aromatic rings. The summed E-state index contributed by atoms with van der Waals surface area (Å²) in [5, 5.41) is 12.2. The number of aliphatic hydroxyl groups excluding tert-OH is 1. The smallest absolute Gasteiger partial charge is 0.306 e. The minimum atomic E-state index is -1.49. The molecule has 0 unspecified atom stereocenters.